The molecule has 0 spiro atoms. The highest BCUT2D eigenvalue weighted by Crippen LogP contribution is 2.26. The van der Waals surface area contributed by atoms with E-state index in [-0.39, 0.29) is 11.9 Å². The molecule has 2 aromatic carbocycles. The van der Waals surface area contributed by atoms with Crippen LogP contribution in [0.25, 0.3) is 0 Å². The second kappa shape index (κ2) is 6.29. The summed E-state index contributed by atoms with van der Waals surface area (Å²) in [5.41, 5.74) is 5.25. The average molecular weight is 348 g/mol. The summed E-state index contributed by atoms with van der Waals surface area (Å²) in [6.45, 7) is 2.81. The summed E-state index contributed by atoms with van der Waals surface area (Å²) in [6.07, 6.45) is 3.69. The Labute approximate surface area is 133 Å². The molecule has 1 unspecified atom stereocenters. The fraction of sp³-hybridized carbons (Fsp3) is 0.333. The Morgan fingerprint density at radius 2 is 1.95 bits per heavy atom. The number of hydrogen-bond acceptors (Lipinski definition) is 1. The summed E-state index contributed by atoms with van der Waals surface area (Å²) < 4.78 is 14.2. The number of nitrogens with one attached hydrogen (secondary N) is 1. The van der Waals surface area contributed by atoms with Gasteiger partial charge in [-0.15, -0.1) is 0 Å². The quantitative estimate of drug-likeness (QED) is 0.826. The van der Waals surface area contributed by atoms with Crippen LogP contribution in [0, 0.1) is 5.82 Å². The molecule has 0 aromatic heterocycles. The smallest absolute Gasteiger partial charge is 0.123 e. The molecule has 1 aliphatic carbocycles. The van der Waals surface area contributed by atoms with Crippen molar-refractivity contribution in [3.8, 4) is 0 Å². The Bertz CT molecular complexity index is 654. The molecule has 0 aliphatic heterocycles. The molecular formula is C18H19BrFN. The van der Waals surface area contributed by atoms with Crippen molar-refractivity contribution in [3.63, 3.8) is 0 Å². The van der Waals surface area contributed by atoms with Crippen LogP contribution in [-0.2, 0) is 19.4 Å². The van der Waals surface area contributed by atoms with Crippen LogP contribution in [0.1, 0.15) is 41.6 Å². The van der Waals surface area contributed by atoms with Crippen molar-refractivity contribution in [1.29, 1.82) is 0 Å². The van der Waals surface area contributed by atoms with Crippen molar-refractivity contribution in [2.24, 2.45) is 0 Å². The molecular weight excluding hydrogens is 329 g/mol. The number of rotatable bonds is 4. The van der Waals surface area contributed by atoms with Crippen molar-refractivity contribution in [2.75, 3.05) is 0 Å². The molecule has 0 fully saturated rings. The van der Waals surface area contributed by atoms with Gasteiger partial charge in [-0.2, -0.15) is 0 Å². The van der Waals surface area contributed by atoms with Gasteiger partial charge in [0.25, 0.3) is 0 Å². The van der Waals surface area contributed by atoms with Gasteiger partial charge < -0.3 is 5.32 Å². The highest BCUT2D eigenvalue weighted by atomic mass is 79.9. The normalized spacial score (nSPS) is 15.0. The van der Waals surface area contributed by atoms with Gasteiger partial charge >= 0.3 is 0 Å². The lowest BCUT2D eigenvalue weighted by molar-refractivity contribution is 0.567. The molecule has 0 bridgehead atoms. The van der Waals surface area contributed by atoms with Crippen molar-refractivity contribution >= 4 is 15.9 Å². The SMILES string of the molecule is CC(NCc1cc(F)ccc1Br)c1ccc2c(c1)CCC2. The van der Waals surface area contributed by atoms with Crippen LogP contribution in [0.3, 0.4) is 0 Å². The third-order valence-corrected chi connectivity index (χ3v) is 5.00. The predicted molar refractivity (Wildman–Crippen MR) is 87.8 cm³/mol. The summed E-state index contributed by atoms with van der Waals surface area (Å²) in [5.74, 6) is -0.194. The van der Waals surface area contributed by atoms with Crippen LogP contribution in [0.4, 0.5) is 4.39 Å². The van der Waals surface area contributed by atoms with Gasteiger partial charge in [-0.1, -0.05) is 34.1 Å². The van der Waals surface area contributed by atoms with E-state index in [1.54, 1.807) is 12.1 Å². The van der Waals surface area contributed by atoms with Gasteiger partial charge in [0.15, 0.2) is 0 Å². The van der Waals surface area contributed by atoms with E-state index in [0.29, 0.717) is 6.54 Å². The van der Waals surface area contributed by atoms with Gasteiger partial charge in [0, 0.05) is 17.1 Å². The number of halogens is 2. The molecule has 1 N–H and O–H groups in total. The number of benzene rings is 2. The van der Waals surface area contributed by atoms with E-state index in [0.717, 1.165) is 10.0 Å². The molecule has 0 saturated carbocycles. The lowest BCUT2D eigenvalue weighted by atomic mass is 10.0. The summed E-state index contributed by atoms with van der Waals surface area (Å²) in [4.78, 5) is 0. The van der Waals surface area contributed by atoms with Crippen LogP contribution in [0.15, 0.2) is 40.9 Å². The first-order valence-electron chi connectivity index (χ1n) is 7.42. The van der Waals surface area contributed by atoms with Gasteiger partial charge in [-0.05, 0) is 66.6 Å². The molecule has 2 aromatic rings. The highest BCUT2D eigenvalue weighted by molar-refractivity contribution is 9.10. The van der Waals surface area contributed by atoms with Crippen molar-refractivity contribution in [3.05, 3.63) is 68.9 Å². The maximum Gasteiger partial charge on any atom is 0.123 e. The Kier molecular flexibility index (Phi) is 4.41. The molecule has 1 aliphatic rings. The molecule has 0 radical (unpaired) electrons. The van der Waals surface area contributed by atoms with E-state index >= 15 is 0 Å². The zero-order valence-electron chi connectivity index (χ0n) is 12.1. The summed E-state index contributed by atoms with van der Waals surface area (Å²) in [7, 11) is 0. The molecule has 3 rings (SSSR count). The van der Waals surface area contributed by atoms with E-state index in [4.69, 9.17) is 0 Å². The van der Waals surface area contributed by atoms with Crippen LogP contribution in [0.5, 0.6) is 0 Å². The Morgan fingerprint density at radius 3 is 2.81 bits per heavy atom. The van der Waals surface area contributed by atoms with Crippen molar-refractivity contribution in [1.82, 2.24) is 5.32 Å². The molecule has 1 nitrogen and oxygen atoms in total. The standard InChI is InChI=1S/C18H19BrFN/c1-12(14-6-5-13-3-2-4-15(13)9-14)21-11-16-10-17(20)7-8-18(16)19/h5-10,12,21H,2-4,11H2,1H3. The lowest BCUT2D eigenvalue weighted by Crippen LogP contribution is -2.18. The number of fused-ring (bicyclic) bond motifs is 1. The monoisotopic (exact) mass is 347 g/mol. The third-order valence-electron chi connectivity index (χ3n) is 4.23. The van der Waals surface area contributed by atoms with Crippen LogP contribution in [0.2, 0.25) is 0 Å². The second-order valence-corrected chi connectivity index (χ2v) is 6.57. The molecule has 3 heteroatoms. The Hall–Kier alpha value is -1.19. The summed E-state index contributed by atoms with van der Waals surface area (Å²) >= 11 is 3.47. The minimum atomic E-state index is -0.194. The van der Waals surface area contributed by atoms with Crippen LogP contribution >= 0.6 is 15.9 Å². The maximum atomic E-state index is 13.3. The van der Waals surface area contributed by atoms with Crippen molar-refractivity contribution < 1.29 is 4.39 Å². The van der Waals surface area contributed by atoms with E-state index in [2.05, 4.69) is 46.4 Å². The van der Waals surface area contributed by atoms with Gasteiger partial charge in [-0.25, -0.2) is 4.39 Å². The molecule has 110 valence electrons. The molecule has 0 heterocycles. The topological polar surface area (TPSA) is 12.0 Å². The van der Waals surface area contributed by atoms with Crippen LogP contribution < -0.4 is 5.32 Å². The Balaban J connectivity index is 1.69. The highest BCUT2D eigenvalue weighted by Gasteiger charge is 2.13. The van der Waals surface area contributed by atoms with Crippen molar-refractivity contribution in [2.45, 2.75) is 38.8 Å². The van der Waals surface area contributed by atoms with Crippen LogP contribution in [-0.4, -0.2) is 0 Å². The third kappa shape index (κ3) is 3.35. The van der Waals surface area contributed by atoms with E-state index < -0.39 is 0 Å². The summed E-state index contributed by atoms with van der Waals surface area (Å²) in [5, 5.41) is 3.48. The lowest BCUT2D eigenvalue weighted by Gasteiger charge is -2.16. The summed E-state index contributed by atoms with van der Waals surface area (Å²) in [6, 6.07) is 11.8. The molecule has 1 atom stereocenters. The second-order valence-electron chi connectivity index (χ2n) is 5.72. The van der Waals surface area contributed by atoms with Gasteiger partial charge in [0.2, 0.25) is 0 Å². The Morgan fingerprint density at radius 1 is 1.14 bits per heavy atom. The predicted octanol–water partition coefficient (Wildman–Crippen LogP) is 4.93. The minimum absolute atomic E-state index is 0.194. The largest absolute Gasteiger partial charge is 0.306 e. The van der Waals surface area contributed by atoms with E-state index in [9.17, 15) is 4.39 Å². The fourth-order valence-electron chi connectivity index (χ4n) is 2.92. The van der Waals surface area contributed by atoms with Gasteiger partial charge in [0.05, 0.1) is 0 Å². The first-order valence-corrected chi connectivity index (χ1v) is 8.22. The minimum Gasteiger partial charge on any atom is -0.306 e. The number of hydrogen-bond donors (Lipinski definition) is 1. The molecule has 0 amide bonds. The zero-order valence-corrected chi connectivity index (χ0v) is 13.7. The van der Waals surface area contributed by atoms with E-state index in [1.807, 2.05) is 0 Å². The first-order chi connectivity index (χ1) is 10.1. The number of aryl methyl sites for hydroxylation is 2. The maximum absolute atomic E-state index is 13.3. The fourth-order valence-corrected chi connectivity index (χ4v) is 3.31. The molecule has 0 saturated heterocycles. The van der Waals surface area contributed by atoms with Gasteiger partial charge in [0.1, 0.15) is 5.82 Å². The first kappa shape index (κ1) is 14.7. The average Bonchev–Trinajstić information content (AvgIpc) is 2.95. The van der Waals surface area contributed by atoms with E-state index in [1.165, 1.54) is 42.0 Å². The zero-order chi connectivity index (χ0) is 14.8. The van der Waals surface area contributed by atoms with Gasteiger partial charge in [-0.3, -0.25) is 0 Å². The molecule has 21 heavy (non-hydrogen) atoms.